The number of nitrogens with one attached hydrogen (secondary N) is 4. The lowest BCUT2D eigenvalue weighted by molar-refractivity contribution is -0.129. The monoisotopic (exact) mass is 614 g/mol. The highest BCUT2D eigenvalue weighted by atomic mass is 16.3. The van der Waals surface area contributed by atoms with E-state index in [2.05, 4.69) is 21.3 Å². The minimum absolute atomic E-state index is 0.0378. The molecule has 2 atom stereocenters. The number of phenols is 2. The van der Waals surface area contributed by atoms with Crippen molar-refractivity contribution in [3.8, 4) is 11.5 Å². The molecule has 0 aliphatic carbocycles. The zero-order valence-corrected chi connectivity index (χ0v) is 25.4. The van der Waals surface area contributed by atoms with Crippen molar-refractivity contribution in [2.75, 3.05) is 78.5 Å². The number of rotatable bonds is 4. The number of carbonyl (C=O) groups is 4. The highest BCUT2D eigenvalue weighted by molar-refractivity contribution is 5.84. The van der Waals surface area contributed by atoms with Crippen LogP contribution in [0.5, 0.6) is 11.5 Å². The fourth-order valence-electron chi connectivity index (χ4n) is 6.66. The first kappa shape index (κ1) is 31.9. The molecule has 6 N–H and O–H groups in total. The van der Waals surface area contributed by atoms with Crippen LogP contribution >= 0.6 is 0 Å². The number of amides is 4. The minimum Gasteiger partial charge on any atom is -0.508 e. The number of nitrogens with zero attached hydrogens (tertiary/aromatic N) is 4. The number of fused-ring (bicyclic) bond motifs is 2. The Morgan fingerprint density at radius 2 is 0.977 bits per heavy atom. The van der Waals surface area contributed by atoms with Crippen molar-refractivity contribution >= 4 is 23.6 Å². The van der Waals surface area contributed by atoms with Gasteiger partial charge in [-0.15, -0.1) is 0 Å². The largest absolute Gasteiger partial charge is 0.508 e. The molecule has 0 aromatic heterocycles. The number of hydrogen-bond donors (Lipinski definition) is 6. The van der Waals surface area contributed by atoms with Crippen LogP contribution in [0.4, 0.5) is 0 Å². The minimum atomic E-state index is -0.288. The van der Waals surface area contributed by atoms with Crippen molar-refractivity contribution in [3.05, 3.63) is 23.3 Å². The van der Waals surface area contributed by atoms with Gasteiger partial charge in [-0.05, 0) is 50.9 Å². The summed E-state index contributed by atoms with van der Waals surface area (Å²) in [6.07, 6.45) is 3.26. The molecule has 4 heterocycles. The molecule has 4 fully saturated rings. The van der Waals surface area contributed by atoms with E-state index in [4.69, 9.17) is 0 Å². The van der Waals surface area contributed by atoms with Crippen LogP contribution < -0.4 is 21.3 Å². The molecule has 4 amide bonds. The average molecular weight is 615 g/mol. The van der Waals surface area contributed by atoms with Crippen LogP contribution in [0.2, 0.25) is 0 Å². The second kappa shape index (κ2) is 15.0. The van der Waals surface area contributed by atoms with Gasteiger partial charge < -0.3 is 31.5 Å². The lowest BCUT2D eigenvalue weighted by Gasteiger charge is -2.28. The molecule has 0 spiro atoms. The third-order valence-electron chi connectivity index (χ3n) is 9.05. The van der Waals surface area contributed by atoms with Gasteiger partial charge in [0.1, 0.15) is 11.5 Å². The number of phenolic OH excluding ortho intramolecular Hbond substituents is 2. The summed E-state index contributed by atoms with van der Waals surface area (Å²) in [6.45, 7) is 6.28. The number of carbonyl (C=O) groups excluding carboxylic acids is 4. The Labute approximate surface area is 258 Å². The Bertz CT molecular complexity index is 1120. The fraction of sp³-hybridized carbons (Fsp3) is 0.667. The van der Waals surface area contributed by atoms with Crippen molar-refractivity contribution < 1.29 is 29.4 Å². The van der Waals surface area contributed by atoms with Gasteiger partial charge in [0.15, 0.2) is 0 Å². The Hall–Kier alpha value is -3.46. The van der Waals surface area contributed by atoms with E-state index in [1.54, 1.807) is 12.1 Å². The summed E-state index contributed by atoms with van der Waals surface area (Å²) in [5, 5.41) is 33.8. The van der Waals surface area contributed by atoms with Gasteiger partial charge in [0, 0.05) is 76.6 Å². The summed E-state index contributed by atoms with van der Waals surface area (Å²) in [6, 6.07) is 2.54. The highest BCUT2D eigenvalue weighted by Gasteiger charge is 2.33. The Morgan fingerprint density at radius 3 is 1.39 bits per heavy atom. The van der Waals surface area contributed by atoms with E-state index in [-0.39, 0.29) is 60.3 Å². The van der Waals surface area contributed by atoms with Crippen molar-refractivity contribution in [1.82, 2.24) is 40.9 Å². The number of hydrogen-bond acceptors (Lipinski definition) is 10. The van der Waals surface area contributed by atoms with E-state index in [9.17, 15) is 29.4 Å². The summed E-state index contributed by atoms with van der Waals surface area (Å²) >= 11 is 0. The van der Waals surface area contributed by atoms with Crippen LogP contribution in [-0.2, 0) is 32.3 Å². The zero-order chi connectivity index (χ0) is 31.1. The van der Waals surface area contributed by atoms with Crippen LogP contribution in [0.1, 0.15) is 36.8 Å². The lowest BCUT2D eigenvalue weighted by atomic mass is 10.1. The molecule has 0 bridgehead atoms. The molecule has 5 rings (SSSR count). The third-order valence-corrected chi connectivity index (χ3v) is 9.05. The molecule has 0 radical (unpaired) electrons. The molecule has 44 heavy (non-hydrogen) atoms. The van der Waals surface area contributed by atoms with Crippen molar-refractivity contribution in [3.63, 3.8) is 0 Å². The molecule has 242 valence electrons. The number of benzene rings is 1. The topological polar surface area (TPSA) is 170 Å². The maximum absolute atomic E-state index is 12.7. The average Bonchev–Trinajstić information content (AvgIpc) is 3.63. The molecular formula is C30H46N8O6. The van der Waals surface area contributed by atoms with E-state index < -0.39 is 0 Å². The van der Waals surface area contributed by atoms with Gasteiger partial charge in [0.2, 0.25) is 23.6 Å². The number of aromatic hydroxyl groups is 2. The fourth-order valence-corrected chi connectivity index (χ4v) is 6.66. The first-order chi connectivity index (χ1) is 21.3. The van der Waals surface area contributed by atoms with E-state index >= 15 is 0 Å². The van der Waals surface area contributed by atoms with E-state index in [1.807, 2.05) is 19.6 Å². The summed E-state index contributed by atoms with van der Waals surface area (Å²) in [4.78, 5) is 58.3. The van der Waals surface area contributed by atoms with Gasteiger partial charge in [-0.1, -0.05) is 0 Å². The van der Waals surface area contributed by atoms with E-state index in [0.29, 0.717) is 76.6 Å². The molecular weight excluding hydrogens is 568 g/mol. The Kier molecular flexibility index (Phi) is 10.9. The standard InChI is InChI=1S/C30H46N8O6/c39-25-16-22(18-36-12-6-32-28(42)20-38-10-2-4-24(38)30(44)34-8-14-36)26(40)15-21(25)17-35-11-5-31-27(41)19-37-9-1-3-23(37)29(43)33-7-13-35/h15-16,23-24,39-40H,1-14,17-20H2,(H,31,41)(H,32,42)(H,33,43)(H,34,44)/t23-,24-/m0/s1. The smallest absolute Gasteiger partial charge is 0.237 e. The molecule has 4 aliphatic heterocycles. The summed E-state index contributed by atoms with van der Waals surface area (Å²) < 4.78 is 0. The molecule has 1 aromatic rings. The molecule has 1 aromatic carbocycles. The van der Waals surface area contributed by atoms with Crippen molar-refractivity contribution in [1.29, 1.82) is 0 Å². The van der Waals surface area contributed by atoms with E-state index in [1.165, 1.54) is 0 Å². The normalized spacial score (nSPS) is 26.1. The predicted molar refractivity (Wildman–Crippen MR) is 162 cm³/mol. The van der Waals surface area contributed by atoms with Gasteiger partial charge >= 0.3 is 0 Å². The Morgan fingerprint density at radius 1 is 0.591 bits per heavy atom. The maximum Gasteiger partial charge on any atom is 0.237 e. The highest BCUT2D eigenvalue weighted by Crippen LogP contribution is 2.29. The second-order valence-electron chi connectivity index (χ2n) is 12.2. The van der Waals surface area contributed by atoms with Crippen LogP contribution in [0, 0.1) is 0 Å². The van der Waals surface area contributed by atoms with Gasteiger partial charge in [0.25, 0.3) is 0 Å². The molecule has 4 aliphatic rings. The van der Waals surface area contributed by atoms with Crippen molar-refractivity contribution in [2.24, 2.45) is 0 Å². The molecule has 4 saturated heterocycles. The molecule has 0 saturated carbocycles. The lowest BCUT2D eigenvalue weighted by Crippen LogP contribution is -2.50. The molecule has 14 nitrogen and oxygen atoms in total. The third kappa shape index (κ3) is 8.37. The van der Waals surface area contributed by atoms with Gasteiger partial charge in [-0.2, -0.15) is 0 Å². The zero-order valence-electron chi connectivity index (χ0n) is 25.4. The summed E-state index contributed by atoms with van der Waals surface area (Å²) in [7, 11) is 0. The van der Waals surface area contributed by atoms with Crippen LogP contribution in [-0.4, -0.2) is 144 Å². The Balaban J connectivity index is 1.20. The van der Waals surface area contributed by atoms with Crippen molar-refractivity contribution in [2.45, 2.75) is 50.9 Å². The molecule has 0 unspecified atom stereocenters. The first-order valence-electron chi connectivity index (χ1n) is 15.8. The van der Waals surface area contributed by atoms with Gasteiger partial charge in [-0.3, -0.25) is 38.8 Å². The first-order valence-corrected chi connectivity index (χ1v) is 15.8. The van der Waals surface area contributed by atoms with Crippen LogP contribution in [0.25, 0.3) is 0 Å². The SMILES string of the molecule is O=C1CN2CCC[C@H]2C(=O)NCCN(Cc2cc(O)c(CN3CCNC(=O)CN4CCC[C@H]4C(=O)NCC3)cc2O)CCN1. The predicted octanol–water partition coefficient (Wildman–Crippen LogP) is -1.88. The maximum atomic E-state index is 12.7. The molecule has 14 heteroatoms. The van der Waals surface area contributed by atoms with Crippen LogP contribution in [0.15, 0.2) is 12.1 Å². The van der Waals surface area contributed by atoms with Gasteiger partial charge in [-0.25, -0.2) is 0 Å². The second-order valence-corrected chi connectivity index (χ2v) is 12.2. The van der Waals surface area contributed by atoms with Gasteiger partial charge in [0.05, 0.1) is 25.2 Å². The quantitative estimate of drug-likeness (QED) is 0.211. The summed E-state index contributed by atoms with van der Waals surface area (Å²) in [5.74, 6) is -0.288. The van der Waals surface area contributed by atoms with Crippen LogP contribution in [0.3, 0.4) is 0 Å². The summed E-state index contributed by atoms with van der Waals surface area (Å²) in [5.41, 5.74) is 1.07. The van der Waals surface area contributed by atoms with E-state index in [0.717, 1.165) is 38.8 Å².